The molecule has 4 radical (unpaired) electrons. The predicted octanol–water partition coefficient (Wildman–Crippen LogP) is 7.55. The minimum atomic E-state index is 0. The first kappa shape index (κ1) is 28.7. The number of rotatable bonds is 3. The van der Waals surface area contributed by atoms with Gasteiger partial charge in [-0.05, 0) is 25.7 Å². The van der Waals surface area contributed by atoms with Crippen LogP contribution in [-0.4, -0.2) is 23.9 Å². The minimum Gasteiger partial charge on any atom is -0.0999 e. The summed E-state index contributed by atoms with van der Waals surface area (Å²) in [6, 6.07) is 0. The summed E-state index contributed by atoms with van der Waals surface area (Å²) >= 11 is 0. The number of hydrogen-bond acceptors (Lipinski definition) is 0. The van der Waals surface area contributed by atoms with E-state index in [1.807, 2.05) is 0 Å². The van der Waals surface area contributed by atoms with Gasteiger partial charge in [-0.15, -0.1) is 0 Å². The molecular weight excluding hydrogens is 347 g/mol. The summed E-state index contributed by atoms with van der Waals surface area (Å²) in [4.78, 5) is 0. The van der Waals surface area contributed by atoms with Crippen LogP contribution < -0.4 is 0 Å². The van der Waals surface area contributed by atoms with E-state index in [0.717, 1.165) is 0 Å². The summed E-state index contributed by atoms with van der Waals surface area (Å²) in [6.45, 7) is 17.0. The van der Waals surface area contributed by atoms with Crippen molar-refractivity contribution in [1.29, 1.82) is 0 Å². The summed E-state index contributed by atoms with van der Waals surface area (Å²) in [5, 5.41) is 0. The van der Waals surface area contributed by atoms with Crippen LogP contribution >= 0.6 is 0 Å². The first-order valence-electron chi connectivity index (χ1n) is 8.80. The molecular formula is C19H42Sn. The average molecular weight is 389 g/mol. The fourth-order valence-corrected chi connectivity index (χ4v) is 1.05. The summed E-state index contributed by atoms with van der Waals surface area (Å²) in [5.41, 5.74) is 1.46. The Bertz CT molecular complexity index is 117. The summed E-state index contributed by atoms with van der Waals surface area (Å²) in [6.07, 6.45) is 14.7. The molecule has 0 aromatic rings. The maximum atomic E-state index is 3.91. The Morgan fingerprint density at radius 1 is 0.600 bits per heavy atom. The molecule has 1 rings (SSSR count). The molecule has 0 nitrogen and oxygen atoms in total. The topological polar surface area (TPSA) is 0 Å². The van der Waals surface area contributed by atoms with Gasteiger partial charge in [-0.2, -0.15) is 0 Å². The van der Waals surface area contributed by atoms with Crippen molar-refractivity contribution < 1.29 is 0 Å². The molecule has 1 fully saturated rings. The maximum Gasteiger partial charge on any atom is 0 e. The van der Waals surface area contributed by atoms with E-state index in [1.54, 1.807) is 0 Å². The molecule has 0 unspecified atom stereocenters. The second kappa shape index (κ2) is 31.8. The van der Waals surface area contributed by atoms with E-state index in [9.17, 15) is 0 Å². The quantitative estimate of drug-likeness (QED) is 0.345. The number of unbranched alkanes of at least 4 members (excludes halogenated alkanes) is 3. The Labute approximate surface area is 148 Å². The van der Waals surface area contributed by atoms with Crippen molar-refractivity contribution in [2.75, 3.05) is 0 Å². The Kier molecular flexibility index (Phi) is 45.5. The van der Waals surface area contributed by atoms with Gasteiger partial charge in [0.1, 0.15) is 0 Å². The van der Waals surface area contributed by atoms with Gasteiger partial charge in [0, 0.05) is 23.9 Å². The van der Waals surface area contributed by atoms with Crippen LogP contribution in [0, 0.1) is 0 Å². The summed E-state index contributed by atoms with van der Waals surface area (Å²) in [7, 11) is 0. The van der Waals surface area contributed by atoms with Crippen molar-refractivity contribution in [1.82, 2.24) is 0 Å². The van der Waals surface area contributed by atoms with Crippen LogP contribution in [0.4, 0.5) is 0 Å². The Hall–Kier alpha value is 0.539. The van der Waals surface area contributed by atoms with Crippen molar-refractivity contribution in [3.8, 4) is 0 Å². The zero-order valence-electron chi connectivity index (χ0n) is 15.5. The van der Waals surface area contributed by atoms with Gasteiger partial charge in [0.2, 0.25) is 0 Å². The van der Waals surface area contributed by atoms with Crippen LogP contribution in [0.3, 0.4) is 0 Å². The third kappa shape index (κ3) is 42.8. The van der Waals surface area contributed by atoms with Crippen molar-refractivity contribution in [2.24, 2.45) is 0 Å². The van der Waals surface area contributed by atoms with Crippen molar-refractivity contribution in [3.05, 3.63) is 12.2 Å². The largest absolute Gasteiger partial charge is 0.0999 e. The van der Waals surface area contributed by atoms with Crippen molar-refractivity contribution in [3.63, 3.8) is 0 Å². The van der Waals surface area contributed by atoms with Gasteiger partial charge in [0.05, 0.1) is 0 Å². The first-order valence-corrected chi connectivity index (χ1v) is 8.80. The van der Waals surface area contributed by atoms with Crippen molar-refractivity contribution >= 4 is 23.9 Å². The van der Waals surface area contributed by atoms with E-state index in [4.69, 9.17) is 0 Å². The van der Waals surface area contributed by atoms with E-state index in [-0.39, 0.29) is 23.9 Å². The van der Waals surface area contributed by atoms with Gasteiger partial charge < -0.3 is 0 Å². The fourth-order valence-electron chi connectivity index (χ4n) is 1.05. The van der Waals surface area contributed by atoms with E-state index in [2.05, 4.69) is 48.1 Å². The standard InChI is InChI=1S/C7H12.3C4H10.Sn/c1-7-5-3-2-4-6-7;3*1-3-4-2;/h1-6H2;3*3-4H2,1-2H3;. The third-order valence-electron chi connectivity index (χ3n) is 3.06. The normalized spacial score (nSPS) is 12.4. The zero-order valence-corrected chi connectivity index (χ0v) is 18.3. The molecule has 1 saturated carbocycles. The minimum absolute atomic E-state index is 0. The fraction of sp³-hybridized carbons (Fsp3) is 0.895. The number of allylic oxidation sites excluding steroid dienone is 1. The smallest absolute Gasteiger partial charge is 0 e. The molecule has 1 heteroatoms. The third-order valence-corrected chi connectivity index (χ3v) is 3.06. The average Bonchev–Trinajstić information content (AvgIpc) is 2.48. The Morgan fingerprint density at radius 3 is 0.950 bits per heavy atom. The van der Waals surface area contributed by atoms with Gasteiger partial charge in [-0.3, -0.25) is 0 Å². The van der Waals surface area contributed by atoms with E-state index < -0.39 is 0 Å². The molecule has 0 heterocycles. The molecule has 0 bridgehead atoms. The first-order chi connectivity index (χ1) is 9.14. The van der Waals surface area contributed by atoms with Gasteiger partial charge >= 0.3 is 0 Å². The van der Waals surface area contributed by atoms with Crippen molar-refractivity contribution in [2.45, 2.75) is 112 Å². The molecule has 0 atom stereocenters. The van der Waals surface area contributed by atoms with Crippen LogP contribution in [-0.2, 0) is 0 Å². The van der Waals surface area contributed by atoms with Crippen LogP contribution in [0.1, 0.15) is 112 Å². The monoisotopic (exact) mass is 390 g/mol. The molecule has 0 spiro atoms. The molecule has 1 aliphatic carbocycles. The molecule has 0 amide bonds. The summed E-state index contributed by atoms with van der Waals surface area (Å²) < 4.78 is 0. The molecule has 0 saturated heterocycles. The molecule has 0 aromatic carbocycles. The van der Waals surface area contributed by atoms with Gasteiger partial charge in [0.25, 0.3) is 0 Å². The van der Waals surface area contributed by atoms with Crippen LogP contribution in [0.15, 0.2) is 12.2 Å². The molecule has 122 valence electrons. The molecule has 0 N–H and O–H groups in total. The van der Waals surface area contributed by atoms with E-state index in [1.165, 1.54) is 76.2 Å². The molecule has 0 aromatic heterocycles. The van der Waals surface area contributed by atoms with Crippen LogP contribution in [0.25, 0.3) is 0 Å². The maximum absolute atomic E-state index is 3.91. The Balaban J connectivity index is -0.0000000881. The molecule has 0 aliphatic heterocycles. The van der Waals surface area contributed by atoms with Gasteiger partial charge in [-0.25, -0.2) is 0 Å². The molecule has 1 aliphatic rings. The van der Waals surface area contributed by atoms with E-state index >= 15 is 0 Å². The van der Waals surface area contributed by atoms with Crippen LogP contribution in [0.2, 0.25) is 0 Å². The second-order valence-corrected chi connectivity index (χ2v) is 5.31. The predicted molar refractivity (Wildman–Crippen MR) is 99.7 cm³/mol. The summed E-state index contributed by atoms with van der Waals surface area (Å²) in [5.74, 6) is 0. The van der Waals surface area contributed by atoms with E-state index in [0.29, 0.717) is 0 Å². The number of hydrogen-bond donors (Lipinski definition) is 0. The Morgan fingerprint density at radius 2 is 0.850 bits per heavy atom. The van der Waals surface area contributed by atoms with Gasteiger partial charge in [0.15, 0.2) is 0 Å². The SMILES string of the molecule is C=C1CCCCC1.CCCC.CCCC.CCCC.[Sn]. The second-order valence-electron chi connectivity index (χ2n) is 5.31. The van der Waals surface area contributed by atoms with Crippen LogP contribution in [0.5, 0.6) is 0 Å². The zero-order chi connectivity index (χ0) is 15.4. The molecule has 20 heavy (non-hydrogen) atoms. The van der Waals surface area contributed by atoms with Gasteiger partial charge in [-0.1, -0.05) is 98.6 Å².